The zero-order valence-corrected chi connectivity index (χ0v) is 8.46. The molecule has 0 saturated carbocycles. The van der Waals surface area contributed by atoms with Gasteiger partial charge in [0.05, 0.1) is 0 Å². The molecule has 0 radical (unpaired) electrons. The summed E-state index contributed by atoms with van der Waals surface area (Å²) in [6.45, 7) is 0. The maximum atomic E-state index is 12.5. The van der Waals surface area contributed by atoms with Crippen LogP contribution in [0.2, 0.25) is 0 Å². The first-order chi connectivity index (χ1) is 7.16. The first kappa shape index (κ1) is 14.9. The average Bonchev–Trinajstić information content (AvgIpc) is 2.10. The van der Waals surface area contributed by atoms with Gasteiger partial charge < -0.3 is 20.1 Å². The molecule has 1 aromatic rings. The normalized spacial score (nSPS) is 10.4. The predicted molar refractivity (Wildman–Crippen MR) is 48.4 cm³/mol. The van der Waals surface area contributed by atoms with Crippen LogP contribution in [0.3, 0.4) is 0 Å². The number of phosphoric acid groups is 1. The fourth-order valence-corrected chi connectivity index (χ4v) is 0.659. The molecule has 6 N–H and O–H groups in total. The lowest BCUT2D eigenvalue weighted by molar-refractivity contribution is 0.275. The van der Waals surface area contributed by atoms with Crippen molar-refractivity contribution in [2.75, 3.05) is 5.43 Å². The van der Waals surface area contributed by atoms with E-state index in [1.54, 1.807) is 5.43 Å². The summed E-state index contributed by atoms with van der Waals surface area (Å²) < 4.78 is 46.2. The molecule has 0 heterocycles. The van der Waals surface area contributed by atoms with E-state index in [1.165, 1.54) is 0 Å². The summed E-state index contributed by atoms with van der Waals surface area (Å²) in [5.41, 5.74) is 1.05. The molecule has 0 amide bonds. The van der Waals surface area contributed by atoms with Crippen molar-refractivity contribution in [1.82, 2.24) is 0 Å². The van der Waals surface area contributed by atoms with E-state index in [0.717, 1.165) is 6.07 Å². The molecule has 0 aromatic heterocycles. The minimum Gasteiger partial charge on any atom is -0.319 e. The van der Waals surface area contributed by atoms with Gasteiger partial charge in [-0.15, -0.1) is 0 Å². The second kappa shape index (κ2) is 5.83. The molecule has 6 nitrogen and oxygen atoms in total. The van der Waals surface area contributed by atoms with Crippen molar-refractivity contribution in [3.8, 4) is 0 Å². The maximum Gasteiger partial charge on any atom is 0.466 e. The summed E-state index contributed by atoms with van der Waals surface area (Å²) in [6.07, 6.45) is 0. The molecule has 1 aromatic carbocycles. The Hall–Kier alpha value is -1.12. The first-order valence-corrected chi connectivity index (χ1v) is 5.11. The van der Waals surface area contributed by atoms with Crippen molar-refractivity contribution >= 4 is 13.5 Å². The zero-order valence-electron chi connectivity index (χ0n) is 7.56. The van der Waals surface area contributed by atoms with E-state index in [2.05, 4.69) is 0 Å². The SMILES string of the molecule is NNc1c(F)ccc(F)c1F.O=P(O)(O)O. The van der Waals surface area contributed by atoms with Crippen LogP contribution in [-0.4, -0.2) is 14.7 Å². The van der Waals surface area contributed by atoms with Crippen molar-refractivity contribution in [3.63, 3.8) is 0 Å². The Morgan fingerprint density at radius 2 is 1.50 bits per heavy atom. The summed E-state index contributed by atoms with van der Waals surface area (Å²) >= 11 is 0. The van der Waals surface area contributed by atoms with E-state index in [4.69, 9.17) is 25.1 Å². The maximum absolute atomic E-state index is 12.5. The number of nitrogen functional groups attached to an aromatic ring is 1. The highest BCUT2D eigenvalue weighted by atomic mass is 31.2. The third kappa shape index (κ3) is 5.69. The molecule has 0 saturated heterocycles. The van der Waals surface area contributed by atoms with Gasteiger partial charge in [-0.25, -0.2) is 17.7 Å². The van der Waals surface area contributed by atoms with Gasteiger partial charge in [0.15, 0.2) is 17.5 Å². The Morgan fingerprint density at radius 3 is 1.81 bits per heavy atom. The minimum absolute atomic E-state index is 0.662. The third-order valence-electron chi connectivity index (χ3n) is 1.19. The molecular formula is C6H8F3N2O4P. The van der Waals surface area contributed by atoms with Crippen LogP contribution < -0.4 is 11.3 Å². The van der Waals surface area contributed by atoms with E-state index in [-0.39, 0.29) is 0 Å². The van der Waals surface area contributed by atoms with Gasteiger partial charge in [0.1, 0.15) is 5.69 Å². The second-order valence-corrected chi connectivity index (χ2v) is 3.40. The quantitative estimate of drug-likeness (QED) is 0.217. The van der Waals surface area contributed by atoms with Gasteiger partial charge >= 0.3 is 7.82 Å². The molecule has 10 heteroatoms. The number of hydrogen-bond donors (Lipinski definition) is 5. The van der Waals surface area contributed by atoms with E-state index >= 15 is 0 Å². The van der Waals surface area contributed by atoms with Gasteiger partial charge in [-0.05, 0) is 12.1 Å². The van der Waals surface area contributed by atoms with Gasteiger partial charge in [-0.1, -0.05) is 0 Å². The molecule has 0 aliphatic heterocycles. The van der Waals surface area contributed by atoms with E-state index in [9.17, 15) is 13.2 Å². The number of nitrogens with one attached hydrogen (secondary N) is 1. The molecule has 0 spiro atoms. The largest absolute Gasteiger partial charge is 0.466 e. The smallest absolute Gasteiger partial charge is 0.319 e. The molecule has 16 heavy (non-hydrogen) atoms. The van der Waals surface area contributed by atoms with E-state index in [1.807, 2.05) is 0 Å². The number of hydrogen-bond acceptors (Lipinski definition) is 3. The van der Waals surface area contributed by atoms with Gasteiger partial charge in [0.2, 0.25) is 0 Å². The van der Waals surface area contributed by atoms with Crippen LogP contribution >= 0.6 is 7.82 Å². The van der Waals surface area contributed by atoms with Gasteiger partial charge in [-0.3, -0.25) is 5.84 Å². The topological polar surface area (TPSA) is 116 Å². The van der Waals surface area contributed by atoms with Crippen molar-refractivity contribution in [3.05, 3.63) is 29.6 Å². The number of hydrazine groups is 1. The fourth-order valence-electron chi connectivity index (χ4n) is 0.659. The number of anilines is 1. The predicted octanol–water partition coefficient (Wildman–Crippen LogP) is 0.461. The molecule has 0 aliphatic carbocycles. The lowest BCUT2D eigenvalue weighted by Gasteiger charge is -2.02. The van der Waals surface area contributed by atoms with Gasteiger partial charge in [0.25, 0.3) is 0 Å². The molecule has 0 aliphatic rings. The number of benzene rings is 1. The Balaban J connectivity index is 0.000000385. The Bertz CT molecular complexity index is 403. The van der Waals surface area contributed by atoms with Crippen LogP contribution in [0.4, 0.5) is 18.9 Å². The zero-order chi connectivity index (χ0) is 12.9. The first-order valence-electron chi connectivity index (χ1n) is 3.55. The fraction of sp³-hybridized carbons (Fsp3) is 0. The second-order valence-electron chi connectivity index (χ2n) is 2.38. The van der Waals surface area contributed by atoms with Gasteiger partial charge in [-0.2, -0.15) is 0 Å². The Labute approximate surface area is 87.7 Å². The van der Waals surface area contributed by atoms with Crippen molar-refractivity contribution in [2.45, 2.75) is 0 Å². The average molecular weight is 260 g/mol. The van der Waals surface area contributed by atoms with E-state index < -0.39 is 31.0 Å². The number of nitrogens with two attached hydrogens (primary N) is 1. The molecule has 0 fully saturated rings. The van der Waals surface area contributed by atoms with Crippen LogP contribution in [0, 0.1) is 17.5 Å². The summed E-state index contributed by atoms with van der Waals surface area (Å²) in [4.78, 5) is 21.6. The van der Waals surface area contributed by atoms with Crippen LogP contribution in [0.25, 0.3) is 0 Å². The third-order valence-corrected chi connectivity index (χ3v) is 1.19. The van der Waals surface area contributed by atoms with Crippen molar-refractivity contribution in [1.29, 1.82) is 0 Å². The lowest BCUT2D eigenvalue weighted by Crippen LogP contribution is -2.11. The lowest BCUT2D eigenvalue weighted by atomic mass is 10.3. The summed E-state index contributed by atoms with van der Waals surface area (Å²) in [5, 5.41) is 0. The highest BCUT2D eigenvalue weighted by Gasteiger charge is 2.11. The highest BCUT2D eigenvalue weighted by molar-refractivity contribution is 7.45. The molecule has 0 unspecified atom stereocenters. The van der Waals surface area contributed by atoms with Crippen LogP contribution in [0.1, 0.15) is 0 Å². The number of halogens is 3. The monoisotopic (exact) mass is 260 g/mol. The van der Waals surface area contributed by atoms with Crippen LogP contribution in [-0.2, 0) is 4.57 Å². The Kier molecular flexibility index (Phi) is 5.42. The molecule has 0 bridgehead atoms. The minimum atomic E-state index is -4.64. The highest BCUT2D eigenvalue weighted by Crippen LogP contribution is 2.25. The van der Waals surface area contributed by atoms with Crippen LogP contribution in [0.5, 0.6) is 0 Å². The summed E-state index contributed by atoms with van der Waals surface area (Å²) in [5.74, 6) is 1.35. The van der Waals surface area contributed by atoms with Gasteiger partial charge in [0, 0.05) is 0 Å². The Morgan fingerprint density at radius 1 is 1.12 bits per heavy atom. The van der Waals surface area contributed by atoms with Crippen molar-refractivity contribution in [2.24, 2.45) is 5.84 Å². The van der Waals surface area contributed by atoms with Crippen molar-refractivity contribution < 1.29 is 32.4 Å². The molecule has 1 rings (SSSR count). The molecule has 92 valence electrons. The van der Waals surface area contributed by atoms with Crippen LogP contribution in [0.15, 0.2) is 12.1 Å². The summed E-state index contributed by atoms with van der Waals surface area (Å²) in [6, 6.07) is 1.47. The van der Waals surface area contributed by atoms with E-state index in [0.29, 0.717) is 6.07 Å². The number of rotatable bonds is 1. The molecule has 0 atom stereocenters. The molecular weight excluding hydrogens is 252 g/mol. The summed E-state index contributed by atoms with van der Waals surface area (Å²) in [7, 11) is -4.64. The standard InChI is InChI=1S/C6H5F3N2.H3O4P/c7-3-1-2-4(8)6(11-10)5(3)9;1-5(2,3)4/h1-2,11H,10H2;(H3,1,2,3,4).